The first-order valence-electron chi connectivity index (χ1n) is 5.91. The van der Waals surface area contributed by atoms with Gasteiger partial charge in [0.05, 0.1) is 12.2 Å². The van der Waals surface area contributed by atoms with Crippen LogP contribution in [0.25, 0.3) is 0 Å². The molecule has 2 heteroatoms. The number of esters is 1. The van der Waals surface area contributed by atoms with Crippen molar-refractivity contribution in [3.8, 4) is 0 Å². The number of ether oxygens (including phenoxy) is 1. The van der Waals surface area contributed by atoms with Gasteiger partial charge in [0.15, 0.2) is 0 Å². The van der Waals surface area contributed by atoms with E-state index in [0.29, 0.717) is 12.2 Å². The number of hydrogen-bond donors (Lipinski definition) is 0. The van der Waals surface area contributed by atoms with Gasteiger partial charge in [0.1, 0.15) is 0 Å². The summed E-state index contributed by atoms with van der Waals surface area (Å²) in [5.41, 5.74) is 0.683. The second-order valence-corrected chi connectivity index (χ2v) is 4.74. The van der Waals surface area contributed by atoms with Crippen molar-refractivity contribution in [2.24, 2.45) is 5.41 Å². The molecule has 0 saturated carbocycles. The summed E-state index contributed by atoms with van der Waals surface area (Å²) in [6, 6.07) is 9.07. The third-order valence-corrected chi connectivity index (χ3v) is 2.61. The highest BCUT2D eigenvalue weighted by Crippen LogP contribution is 2.22. The maximum Gasteiger partial charge on any atom is 0.338 e. The van der Waals surface area contributed by atoms with Gasteiger partial charge in [-0.25, -0.2) is 4.79 Å². The highest BCUT2D eigenvalue weighted by molar-refractivity contribution is 5.89. The van der Waals surface area contributed by atoms with Gasteiger partial charge in [0.25, 0.3) is 0 Å². The van der Waals surface area contributed by atoms with Crippen molar-refractivity contribution in [1.82, 2.24) is 0 Å². The van der Waals surface area contributed by atoms with Crippen LogP contribution in [-0.4, -0.2) is 12.6 Å². The Morgan fingerprint density at radius 3 is 2.53 bits per heavy atom. The van der Waals surface area contributed by atoms with Crippen LogP contribution in [0.1, 0.15) is 37.6 Å². The van der Waals surface area contributed by atoms with E-state index in [9.17, 15) is 4.79 Å². The molecule has 17 heavy (non-hydrogen) atoms. The van der Waals surface area contributed by atoms with Crippen LogP contribution in [0.4, 0.5) is 0 Å². The first kappa shape index (κ1) is 13.5. The van der Waals surface area contributed by atoms with Gasteiger partial charge in [-0.3, -0.25) is 0 Å². The third-order valence-electron chi connectivity index (χ3n) is 2.61. The Balaban J connectivity index is 2.40. The fourth-order valence-corrected chi connectivity index (χ4v) is 1.60. The van der Waals surface area contributed by atoms with Crippen LogP contribution in [0.2, 0.25) is 0 Å². The lowest BCUT2D eigenvalue weighted by Gasteiger charge is -2.19. The van der Waals surface area contributed by atoms with E-state index in [-0.39, 0.29) is 11.4 Å². The number of rotatable bonds is 5. The predicted octanol–water partition coefficient (Wildman–Crippen LogP) is 3.84. The summed E-state index contributed by atoms with van der Waals surface area (Å²) in [6.07, 6.45) is 4.98. The van der Waals surface area contributed by atoms with Crippen molar-refractivity contribution in [1.29, 1.82) is 0 Å². The highest BCUT2D eigenvalue weighted by atomic mass is 16.5. The van der Waals surface area contributed by atoms with Crippen LogP contribution in [0.3, 0.4) is 0 Å². The zero-order valence-corrected chi connectivity index (χ0v) is 10.8. The molecule has 2 nitrogen and oxygen atoms in total. The Bertz CT molecular complexity index is 377. The first-order chi connectivity index (χ1) is 8.05. The van der Waals surface area contributed by atoms with Crippen LogP contribution >= 0.6 is 0 Å². The van der Waals surface area contributed by atoms with E-state index < -0.39 is 0 Å². The largest absolute Gasteiger partial charge is 0.462 e. The fourth-order valence-electron chi connectivity index (χ4n) is 1.60. The first-order valence-corrected chi connectivity index (χ1v) is 5.91. The van der Waals surface area contributed by atoms with Crippen molar-refractivity contribution < 1.29 is 9.53 Å². The van der Waals surface area contributed by atoms with Crippen molar-refractivity contribution >= 4 is 5.97 Å². The molecular weight excluding hydrogens is 212 g/mol. The molecule has 0 aliphatic rings. The van der Waals surface area contributed by atoms with Crippen molar-refractivity contribution in [3.05, 3.63) is 48.0 Å². The second-order valence-electron chi connectivity index (χ2n) is 4.74. The average molecular weight is 232 g/mol. The molecule has 1 aromatic rings. The van der Waals surface area contributed by atoms with E-state index in [0.717, 1.165) is 6.42 Å². The molecule has 0 N–H and O–H groups in total. The standard InChI is InChI=1S/C15H20O2/c1-4-10-15(2,3)11-12-17-14(16)13-8-6-5-7-9-13/h4-10H,11-12H2,1-3H3. The van der Waals surface area contributed by atoms with Crippen molar-refractivity contribution in [2.45, 2.75) is 27.2 Å². The molecule has 0 amide bonds. The summed E-state index contributed by atoms with van der Waals surface area (Å²) in [5.74, 6) is -0.248. The molecule has 0 radical (unpaired) electrons. The molecule has 1 aromatic carbocycles. The Hall–Kier alpha value is -1.57. The van der Waals surface area contributed by atoms with E-state index in [1.807, 2.05) is 31.2 Å². The number of carbonyl (C=O) groups excluding carboxylic acids is 1. The molecule has 1 rings (SSSR count). The maximum atomic E-state index is 11.6. The van der Waals surface area contributed by atoms with Crippen LogP contribution in [0, 0.1) is 5.41 Å². The summed E-state index contributed by atoms with van der Waals surface area (Å²) in [5, 5.41) is 0. The summed E-state index contributed by atoms with van der Waals surface area (Å²) in [6.45, 7) is 6.70. The topological polar surface area (TPSA) is 26.3 Å². The zero-order valence-electron chi connectivity index (χ0n) is 10.8. The molecule has 0 unspecified atom stereocenters. The van der Waals surface area contributed by atoms with Crippen molar-refractivity contribution in [2.75, 3.05) is 6.61 Å². The molecule has 0 spiro atoms. The Kier molecular flexibility index (Phi) is 4.95. The molecular formula is C15H20O2. The van der Waals surface area contributed by atoms with Gasteiger partial charge in [0.2, 0.25) is 0 Å². The molecule has 92 valence electrons. The van der Waals surface area contributed by atoms with Crippen LogP contribution in [-0.2, 0) is 4.74 Å². The van der Waals surface area contributed by atoms with E-state index in [1.54, 1.807) is 12.1 Å². The van der Waals surface area contributed by atoms with Gasteiger partial charge in [-0.15, -0.1) is 0 Å². The minimum absolute atomic E-state index is 0.0751. The van der Waals surface area contributed by atoms with Gasteiger partial charge >= 0.3 is 5.97 Å². The van der Waals surface area contributed by atoms with E-state index >= 15 is 0 Å². The van der Waals surface area contributed by atoms with Gasteiger partial charge in [-0.2, -0.15) is 0 Å². The zero-order chi connectivity index (χ0) is 12.7. The number of hydrogen-bond acceptors (Lipinski definition) is 2. The molecule has 0 fully saturated rings. The van der Waals surface area contributed by atoms with Gasteiger partial charge < -0.3 is 4.74 Å². The minimum atomic E-state index is -0.248. The van der Waals surface area contributed by atoms with Crippen LogP contribution < -0.4 is 0 Å². The summed E-state index contributed by atoms with van der Waals surface area (Å²) in [7, 11) is 0. The summed E-state index contributed by atoms with van der Waals surface area (Å²) >= 11 is 0. The lowest BCUT2D eigenvalue weighted by molar-refractivity contribution is 0.0473. The lowest BCUT2D eigenvalue weighted by atomic mass is 9.89. The molecule has 0 aromatic heterocycles. The maximum absolute atomic E-state index is 11.6. The van der Waals surface area contributed by atoms with Gasteiger partial charge in [-0.05, 0) is 30.9 Å². The van der Waals surface area contributed by atoms with E-state index in [4.69, 9.17) is 4.74 Å². The SMILES string of the molecule is CC=CC(C)(C)CCOC(=O)c1ccccc1. The Morgan fingerprint density at radius 1 is 1.29 bits per heavy atom. The Morgan fingerprint density at radius 2 is 1.94 bits per heavy atom. The van der Waals surface area contributed by atoms with Gasteiger partial charge in [-0.1, -0.05) is 44.2 Å². The average Bonchev–Trinajstić information content (AvgIpc) is 2.29. The van der Waals surface area contributed by atoms with E-state index in [2.05, 4.69) is 19.9 Å². The third kappa shape index (κ3) is 4.85. The molecule has 0 heterocycles. The van der Waals surface area contributed by atoms with Gasteiger partial charge in [0, 0.05) is 0 Å². The number of benzene rings is 1. The minimum Gasteiger partial charge on any atom is -0.462 e. The lowest BCUT2D eigenvalue weighted by Crippen LogP contribution is -2.14. The number of carbonyl (C=O) groups is 1. The normalized spacial score (nSPS) is 11.7. The predicted molar refractivity (Wildman–Crippen MR) is 69.9 cm³/mol. The summed E-state index contributed by atoms with van der Waals surface area (Å²) in [4.78, 5) is 11.6. The quantitative estimate of drug-likeness (QED) is 0.569. The molecule has 0 aliphatic carbocycles. The van der Waals surface area contributed by atoms with Crippen LogP contribution in [0.5, 0.6) is 0 Å². The molecule has 0 aliphatic heterocycles. The number of allylic oxidation sites excluding steroid dienone is 2. The molecule has 0 saturated heterocycles. The summed E-state index contributed by atoms with van der Waals surface area (Å²) < 4.78 is 5.24. The van der Waals surface area contributed by atoms with Crippen LogP contribution in [0.15, 0.2) is 42.5 Å². The fraction of sp³-hybridized carbons (Fsp3) is 0.400. The monoisotopic (exact) mass is 232 g/mol. The Labute approximate surface area is 103 Å². The van der Waals surface area contributed by atoms with Crippen molar-refractivity contribution in [3.63, 3.8) is 0 Å². The van der Waals surface area contributed by atoms with E-state index in [1.165, 1.54) is 0 Å². The smallest absolute Gasteiger partial charge is 0.338 e. The molecule has 0 atom stereocenters. The molecule has 0 bridgehead atoms. The second kappa shape index (κ2) is 6.24. The highest BCUT2D eigenvalue weighted by Gasteiger charge is 2.14.